The van der Waals surface area contributed by atoms with E-state index in [0.29, 0.717) is 30.3 Å². The molecule has 0 N–H and O–H groups in total. The Bertz CT molecular complexity index is 751. The number of rotatable bonds is 5. The lowest BCUT2D eigenvalue weighted by Gasteiger charge is -2.33. The van der Waals surface area contributed by atoms with Crippen LogP contribution >= 0.6 is 11.6 Å². The molecule has 0 saturated carbocycles. The zero-order valence-corrected chi connectivity index (χ0v) is 14.5. The van der Waals surface area contributed by atoms with Gasteiger partial charge in [0.05, 0.1) is 13.2 Å². The summed E-state index contributed by atoms with van der Waals surface area (Å²) in [5.41, 5.74) is 1.49. The molecule has 0 spiro atoms. The topological polar surface area (TPSA) is 59.5 Å². The van der Waals surface area contributed by atoms with Gasteiger partial charge in [-0.1, -0.05) is 23.7 Å². The highest BCUT2D eigenvalue weighted by atomic mass is 35.5. The Hall–Kier alpha value is -2.24. The number of ether oxygens (including phenoxy) is 1. The number of hydrogen-bond donors (Lipinski definition) is 0. The number of nitrogens with zero attached hydrogens (tertiary/aromatic N) is 2. The SMILES string of the molecule is O=C(CCC(=O)N1CCOC(c2cccc(Cl)c2)C1)c1cccnc1. The third-order valence-corrected chi connectivity index (χ3v) is 4.42. The van der Waals surface area contributed by atoms with Crippen LogP contribution in [0, 0.1) is 0 Å². The minimum atomic E-state index is -0.189. The summed E-state index contributed by atoms with van der Waals surface area (Å²) in [5, 5.41) is 0.645. The van der Waals surface area contributed by atoms with Crippen molar-refractivity contribution in [3.63, 3.8) is 0 Å². The van der Waals surface area contributed by atoms with E-state index in [9.17, 15) is 9.59 Å². The molecule has 1 unspecified atom stereocenters. The number of aromatic nitrogens is 1. The lowest BCUT2D eigenvalue weighted by molar-refractivity contribution is -0.139. The van der Waals surface area contributed by atoms with E-state index in [0.717, 1.165) is 5.56 Å². The van der Waals surface area contributed by atoms with Gasteiger partial charge in [-0.25, -0.2) is 0 Å². The molecule has 5 nitrogen and oxygen atoms in total. The maximum Gasteiger partial charge on any atom is 0.223 e. The fraction of sp³-hybridized carbons (Fsp3) is 0.316. The van der Waals surface area contributed by atoms with Gasteiger partial charge in [-0.3, -0.25) is 14.6 Å². The molecule has 6 heteroatoms. The van der Waals surface area contributed by atoms with Gasteiger partial charge in [-0.15, -0.1) is 0 Å². The van der Waals surface area contributed by atoms with Gasteiger partial charge in [0.25, 0.3) is 0 Å². The molecule has 0 aliphatic carbocycles. The number of pyridine rings is 1. The average Bonchev–Trinajstić information content (AvgIpc) is 2.66. The van der Waals surface area contributed by atoms with Crippen LogP contribution in [0.2, 0.25) is 5.02 Å². The molecule has 0 bridgehead atoms. The Morgan fingerprint density at radius 1 is 1.24 bits per heavy atom. The Morgan fingerprint density at radius 3 is 2.88 bits per heavy atom. The number of amides is 1. The van der Waals surface area contributed by atoms with Crippen molar-refractivity contribution in [1.29, 1.82) is 0 Å². The molecule has 0 radical (unpaired) electrons. The molecule has 130 valence electrons. The van der Waals surface area contributed by atoms with E-state index in [2.05, 4.69) is 4.98 Å². The number of morpholine rings is 1. The van der Waals surface area contributed by atoms with Crippen molar-refractivity contribution in [3.8, 4) is 0 Å². The van der Waals surface area contributed by atoms with E-state index in [4.69, 9.17) is 16.3 Å². The van der Waals surface area contributed by atoms with Gasteiger partial charge >= 0.3 is 0 Å². The molecule has 1 saturated heterocycles. The Kier molecular flexibility index (Phi) is 5.79. The Labute approximate surface area is 151 Å². The van der Waals surface area contributed by atoms with Gasteiger partial charge < -0.3 is 9.64 Å². The molecular weight excluding hydrogens is 340 g/mol. The number of benzene rings is 1. The van der Waals surface area contributed by atoms with E-state index in [1.165, 1.54) is 6.20 Å². The number of carbonyl (C=O) groups is 2. The monoisotopic (exact) mass is 358 g/mol. The third kappa shape index (κ3) is 4.65. The first-order valence-corrected chi connectivity index (χ1v) is 8.59. The molecule has 2 heterocycles. The molecule has 1 aliphatic heterocycles. The maximum atomic E-state index is 12.5. The van der Waals surface area contributed by atoms with Gasteiger partial charge in [-0.05, 0) is 29.8 Å². The van der Waals surface area contributed by atoms with Crippen molar-refractivity contribution >= 4 is 23.3 Å². The first-order chi connectivity index (χ1) is 12.1. The summed E-state index contributed by atoms with van der Waals surface area (Å²) in [4.78, 5) is 30.2. The van der Waals surface area contributed by atoms with Crippen LogP contribution in [0.25, 0.3) is 0 Å². The van der Waals surface area contributed by atoms with Crippen LogP contribution in [0.1, 0.15) is 34.9 Å². The summed E-state index contributed by atoms with van der Waals surface area (Å²) in [6.07, 6.45) is 3.33. The van der Waals surface area contributed by atoms with Crippen LogP contribution in [0.3, 0.4) is 0 Å². The van der Waals surface area contributed by atoms with Crippen LogP contribution in [0.15, 0.2) is 48.8 Å². The van der Waals surface area contributed by atoms with Crippen LogP contribution in [-0.4, -0.2) is 41.3 Å². The zero-order chi connectivity index (χ0) is 17.6. The first kappa shape index (κ1) is 17.6. The maximum absolute atomic E-state index is 12.5. The Morgan fingerprint density at radius 2 is 2.12 bits per heavy atom. The molecule has 3 rings (SSSR count). The lowest BCUT2D eigenvalue weighted by Crippen LogP contribution is -2.42. The molecule has 1 fully saturated rings. The van der Waals surface area contributed by atoms with E-state index in [1.807, 2.05) is 18.2 Å². The molecule has 1 aromatic heterocycles. The minimum Gasteiger partial charge on any atom is -0.370 e. The van der Waals surface area contributed by atoms with Crippen molar-refractivity contribution in [1.82, 2.24) is 9.88 Å². The molecular formula is C19H19ClN2O3. The summed E-state index contributed by atoms with van der Waals surface area (Å²) in [7, 11) is 0. The van der Waals surface area contributed by atoms with Gasteiger partial charge in [0.1, 0.15) is 6.10 Å². The summed E-state index contributed by atoms with van der Waals surface area (Å²) < 4.78 is 5.77. The highest BCUT2D eigenvalue weighted by molar-refractivity contribution is 6.30. The largest absolute Gasteiger partial charge is 0.370 e. The number of halogens is 1. The van der Waals surface area contributed by atoms with Crippen LogP contribution in [-0.2, 0) is 9.53 Å². The molecule has 1 aromatic carbocycles. The van der Waals surface area contributed by atoms with E-state index in [-0.39, 0.29) is 30.6 Å². The van der Waals surface area contributed by atoms with Gasteiger partial charge in [0, 0.05) is 42.4 Å². The predicted molar refractivity (Wildman–Crippen MR) is 94.5 cm³/mol. The van der Waals surface area contributed by atoms with Gasteiger partial charge in [0.2, 0.25) is 5.91 Å². The van der Waals surface area contributed by atoms with Crippen molar-refractivity contribution in [2.24, 2.45) is 0 Å². The van der Waals surface area contributed by atoms with Crippen LogP contribution in [0.4, 0.5) is 0 Å². The molecule has 2 aromatic rings. The standard InChI is InChI=1S/C19H19ClN2O3/c20-16-5-1-3-14(11-16)18-13-22(9-10-25-18)19(24)7-6-17(23)15-4-2-8-21-12-15/h1-5,8,11-12,18H,6-7,9-10,13H2. The smallest absolute Gasteiger partial charge is 0.223 e. The predicted octanol–water partition coefficient (Wildman–Crippen LogP) is 3.30. The fourth-order valence-electron chi connectivity index (χ4n) is 2.83. The second-order valence-electron chi connectivity index (χ2n) is 5.92. The molecule has 25 heavy (non-hydrogen) atoms. The number of Topliss-reactive ketones (excluding diaryl/α,β-unsaturated/α-hetero) is 1. The van der Waals surface area contributed by atoms with Crippen molar-refractivity contribution in [2.75, 3.05) is 19.7 Å². The second-order valence-corrected chi connectivity index (χ2v) is 6.36. The van der Waals surface area contributed by atoms with Gasteiger partial charge in [0.15, 0.2) is 5.78 Å². The normalized spacial score (nSPS) is 17.3. The van der Waals surface area contributed by atoms with Crippen molar-refractivity contribution < 1.29 is 14.3 Å². The van der Waals surface area contributed by atoms with Crippen LogP contribution < -0.4 is 0 Å². The molecule has 1 atom stereocenters. The number of carbonyl (C=O) groups excluding carboxylic acids is 2. The Balaban J connectivity index is 1.56. The van der Waals surface area contributed by atoms with Crippen molar-refractivity contribution in [3.05, 3.63) is 64.9 Å². The summed E-state index contributed by atoms with van der Waals surface area (Å²) >= 11 is 6.03. The fourth-order valence-corrected chi connectivity index (χ4v) is 3.03. The zero-order valence-electron chi connectivity index (χ0n) is 13.7. The minimum absolute atomic E-state index is 0.0347. The highest BCUT2D eigenvalue weighted by Gasteiger charge is 2.25. The lowest BCUT2D eigenvalue weighted by atomic mass is 10.1. The molecule has 1 aliphatic rings. The summed E-state index contributed by atoms with van der Waals surface area (Å²) in [6, 6.07) is 10.9. The van der Waals surface area contributed by atoms with E-state index < -0.39 is 0 Å². The van der Waals surface area contributed by atoms with E-state index >= 15 is 0 Å². The number of ketones is 1. The van der Waals surface area contributed by atoms with Gasteiger partial charge in [-0.2, -0.15) is 0 Å². The first-order valence-electron chi connectivity index (χ1n) is 8.21. The highest BCUT2D eigenvalue weighted by Crippen LogP contribution is 2.25. The third-order valence-electron chi connectivity index (χ3n) is 4.19. The molecule has 1 amide bonds. The number of hydrogen-bond acceptors (Lipinski definition) is 4. The summed E-state index contributed by atoms with van der Waals surface area (Å²) in [5.74, 6) is -0.103. The van der Waals surface area contributed by atoms with Crippen LogP contribution in [0.5, 0.6) is 0 Å². The average molecular weight is 359 g/mol. The second kappa shape index (κ2) is 8.23. The van der Waals surface area contributed by atoms with Crippen molar-refractivity contribution in [2.45, 2.75) is 18.9 Å². The van der Waals surface area contributed by atoms with E-state index in [1.54, 1.807) is 29.3 Å². The quantitative estimate of drug-likeness (QED) is 0.769. The summed E-state index contributed by atoms with van der Waals surface area (Å²) in [6.45, 7) is 1.48.